The topological polar surface area (TPSA) is 64.8 Å². The lowest BCUT2D eigenvalue weighted by atomic mass is 9.89. The molecule has 0 spiro atoms. The molecule has 150 valence electrons. The van der Waals surface area contributed by atoms with Gasteiger partial charge in [-0.3, -0.25) is 9.55 Å². The number of nitrogens with zero attached hydrogens (tertiary/aromatic N) is 5. The summed E-state index contributed by atoms with van der Waals surface area (Å²) in [7, 11) is 3.81. The smallest absolute Gasteiger partial charge is 0.206 e. The SMILES string of the molecule is CC1=NOC(C)C1c1cc(F)c2nc(N(C)C)n3c2c1OCC3c1cccnc1. The summed E-state index contributed by atoms with van der Waals surface area (Å²) in [5.41, 5.74) is 3.52. The Morgan fingerprint density at radius 1 is 1.31 bits per heavy atom. The second-order valence-corrected chi connectivity index (χ2v) is 7.78. The molecule has 0 radical (unpaired) electrons. The normalized spacial score (nSPS) is 22.9. The van der Waals surface area contributed by atoms with Gasteiger partial charge in [-0.25, -0.2) is 9.37 Å². The Morgan fingerprint density at radius 2 is 2.14 bits per heavy atom. The number of aromatic nitrogens is 3. The molecule has 3 aromatic rings. The maximum Gasteiger partial charge on any atom is 0.206 e. The quantitative estimate of drug-likeness (QED) is 0.679. The zero-order valence-electron chi connectivity index (χ0n) is 16.8. The van der Waals surface area contributed by atoms with Crippen LogP contribution in [0.5, 0.6) is 5.75 Å². The number of benzene rings is 1. The molecular formula is C21H22FN5O2. The van der Waals surface area contributed by atoms with Crippen LogP contribution in [0.15, 0.2) is 35.7 Å². The first-order valence-corrected chi connectivity index (χ1v) is 9.62. The van der Waals surface area contributed by atoms with Gasteiger partial charge in [-0.1, -0.05) is 11.2 Å². The zero-order valence-corrected chi connectivity index (χ0v) is 16.8. The van der Waals surface area contributed by atoms with Crippen molar-refractivity contribution in [3.05, 3.63) is 47.5 Å². The van der Waals surface area contributed by atoms with Crippen LogP contribution in [0.4, 0.5) is 10.3 Å². The summed E-state index contributed by atoms with van der Waals surface area (Å²) < 4.78 is 23.6. The lowest BCUT2D eigenvalue weighted by Gasteiger charge is -2.30. The van der Waals surface area contributed by atoms with Crippen molar-refractivity contribution in [2.24, 2.45) is 5.16 Å². The van der Waals surface area contributed by atoms with E-state index in [1.165, 1.54) is 6.07 Å². The third-order valence-corrected chi connectivity index (χ3v) is 5.66. The zero-order chi connectivity index (χ0) is 20.3. The van der Waals surface area contributed by atoms with Crippen LogP contribution in [0.25, 0.3) is 11.0 Å². The Bertz CT molecular complexity index is 1130. The molecule has 3 unspecified atom stereocenters. The maximum absolute atomic E-state index is 15.2. The Kier molecular flexibility index (Phi) is 3.97. The van der Waals surface area contributed by atoms with E-state index < -0.39 is 0 Å². The first kappa shape index (κ1) is 17.9. The number of rotatable bonds is 3. The van der Waals surface area contributed by atoms with Crippen LogP contribution in [0.3, 0.4) is 0 Å². The Morgan fingerprint density at radius 3 is 2.79 bits per heavy atom. The molecule has 4 heterocycles. The largest absolute Gasteiger partial charge is 0.488 e. The van der Waals surface area contributed by atoms with E-state index >= 15 is 4.39 Å². The molecule has 2 aromatic heterocycles. The van der Waals surface area contributed by atoms with Gasteiger partial charge < -0.3 is 14.5 Å². The van der Waals surface area contributed by atoms with Crippen molar-refractivity contribution in [1.82, 2.24) is 14.5 Å². The van der Waals surface area contributed by atoms with E-state index in [2.05, 4.69) is 19.7 Å². The van der Waals surface area contributed by atoms with E-state index in [1.54, 1.807) is 6.20 Å². The summed E-state index contributed by atoms with van der Waals surface area (Å²) in [6, 6.07) is 5.26. The second-order valence-electron chi connectivity index (χ2n) is 7.78. The molecule has 1 aromatic carbocycles. The molecule has 0 bridgehead atoms. The predicted octanol–water partition coefficient (Wildman–Crippen LogP) is 3.50. The van der Waals surface area contributed by atoms with Crippen LogP contribution in [0.1, 0.15) is 36.9 Å². The van der Waals surface area contributed by atoms with E-state index in [0.29, 0.717) is 29.3 Å². The monoisotopic (exact) mass is 395 g/mol. The van der Waals surface area contributed by atoms with Gasteiger partial charge in [0.15, 0.2) is 5.82 Å². The van der Waals surface area contributed by atoms with Gasteiger partial charge in [-0.2, -0.15) is 0 Å². The van der Waals surface area contributed by atoms with Crippen LogP contribution in [0, 0.1) is 5.82 Å². The molecule has 7 nitrogen and oxygen atoms in total. The van der Waals surface area contributed by atoms with Crippen LogP contribution in [-0.2, 0) is 4.84 Å². The number of halogens is 1. The number of hydrogen-bond donors (Lipinski definition) is 0. The molecule has 0 saturated heterocycles. The minimum absolute atomic E-state index is 0.153. The van der Waals surface area contributed by atoms with Crippen molar-refractivity contribution < 1.29 is 14.0 Å². The van der Waals surface area contributed by atoms with Gasteiger partial charge in [-0.15, -0.1) is 0 Å². The standard InChI is InChI=1S/C21H22FN5O2/c1-11-17(12(2)29-25-11)14-8-15(22)18-19-20(14)28-10-16(13-6-5-7-23-9-13)27(19)21(24-18)26(3)4/h5-9,12,16-17H,10H2,1-4H3. The predicted molar refractivity (Wildman–Crippen MR) is 108 cm³/mol. The van der Waals surface area contributed by atoms with Crippen molar-refractivity contribution in [1.29, 1.82) is 0 Å². The Hall–Kier alpha value is -3.16. The summed E-state index contributed by atoms with van der Waals surface area (Å²) in [5, 5.41) is 4.10. The molecule has 0 saturated carbocycles. The minimum Gasteiger partial charge on any atom is -0.488 e. The number of ether oxygens (including phenoxy) is 1. The number of anilines is 1. The highest BCUT2D eigenvalue weighted by molar-refractivity contribution is 5.95. The molecule has 8 heteroatoms. The van der Waals surface area contributed by atoms with Gasteiger partial charge in [0.1, 0.15) is 29.5 Å². The fourth-order valence-corrected chi connectivity index (χ4v) is 4.36. The van der Waals surface area contributed by atoms with Gasteiger partial charge in [0.25, 0.3) is 0 Å². The Labute approximate surface area is 167 Å². The molecule has 0 N–H and O–H groups in total. The van der Waals surface area contributed by atoms with E-state index in [-0.39, 0.29) is 23.9 Å². The first-order chi connectivity index (χ1) is 14.0. The van der Waals surface area contributed by atoms with Gasteiger partial charge in [0.2, 0.25) is 5.95 Å². The number of hydrogen-bond acceptors (Lipinski definition) is 6. The molecule has 0 fully saturated rings. The van der Waals surface area contributed by atoms with Crippen molar-refractivity contribution in [3.8, 4) is 5.75 Å². The molecule has 5 rings (SSSR count). The Balaban J connectivity index is 1.81. The van der Waals surface area contributed by atoms with Crippen LogP contribution >= 0.6 is 0 Å². The maximum atomic E-state index is 15.2. The molecule has 29 heavy (non-hydrogen) atoms. The number of oxime groups is 1. The fourth-order valence-electron chi connectivity index (χ4n) is 4.36. The molecule has 3 atom stereocenters. The average Bonchev–Trinajstić information content (AvgIpc) is 3.27. The van der Waals surface area contributed by atoms with Crippen LogP contribution in [-0.4, -0.2) is 47.1 Å². The van der Waals surface area contributed by atoms with E-state index in [9.17, 15) is 0 Å². The molecule has 2 aliphatic rings. The summed E-state index contributed by atoms with van der Waals surface area (Å²) in [6.45, 7) is 4.23. The van der Waals surface area contributed by atoms with Gasteiger partial charge >= 0.3 is 0 Å². The summed E-state index contributed by atoms with van der Waals surface area (Å²) in [6.07, 6.45) is 3.36. The third-order valence-electron chi connectivity index (χ3n) is 5.66. The molecule has 0 aliphatic carbocycles. The second kappa shape index (κ2) is 6.43. The van der Waals surface area contributed by atoms with Crippen molar-refractivity contribution in [3.63, 3.8) is 0 Å². The van der Waals surface area contributed by atoms with Crippen LogP contribution in [0.2, 0.25) is 0 Å². The summed E-state index contributed by atoms with van der Waals surface area (Å²) >= 11 is 0. The fraction of sp³-hybridized carbons (Fsp3) is 0.381. The lowest BCUT2D eigenvalue weighted by Crippen LogP contribution is -2.28. The highest BCUT2D eigenvalue weighted by atomic mass is 19.1. The molecular weight excluding hydrogens is 373 g/mol. The van der Waals surface area contributed by atoms with E-state index in [1.807, 2.05) is 51.2 Å². The van der Waals surface area contributed by atoms with Crippen LogP contribution < -0.4 is 9.64 Å². The van der Waals surface area contributed by atoms with Gasteiger partial charge in [-0.05, 0) is 31.5 Å². The highest BCUT2D eigenvalue weighted by Gasteiger charge is 2.38. The number of pyridine rings is 1. The van der Waals surface area contributed by atoms with Gasteiger partial charge in [0.05, 0.1) is 17.7 Å². The average molecular weight is 395 g/mol. The van der Waals surface area contributed by atoms with E-state index in [0.717, 1.165) is 16.8 Å². The third kappa shape index (κ3) is 2.58. The minimum atomic E-state index is -0.372. The van der Waals surface area contributed by atoms with Crippen molar-refractivity contribution >= 4 is 22.7 Å². The molecule has 0 amide bonds. The molecule has 2 aliphatic heterocycles. The highest BCUT2D eigenvalue weighted by Crippen LogP contribution is 2.46. The summed E-state index contributed by atoms with van der Waals surface area (Å²) in [5.74, 6) is 0.794. The van der Waals surface area contributed by atoms with Crippen molar-refractivity contribution in [2.45, 2.75) is 31.9 Å². The van der Waals surface area contributed by atoms with E-state index in [4.69, 9.17) is 9.57 Å². The summed E-state index contributed by atoms with van der Waals surface area (Å²) in [4.78, 5) is 16.2. The van der Waals surface area contributed by atoms with Gasteiger partial charge in [0, 0.05) is 32.1 Å². The number of imidazole rings is 1. The van der Waals surface area contributed by atoms with Crippen molar-refractivity contribution in [2.75, 3.05) is 25.6 Å². The lowest BCUT2D eigenvalue weighted by molar-refractivity contribution is 0.0897. The first-order valence-electron chi connectivity index (χ1n) is 9.62.